The highest BCUT2D eigenvalue weighted by Gasteiger charge is 2.65. The number of amides is 1. The third-order valence-electron chi connectivity index (χ3n) is 10.4. The molecule has 7 atom stereocenters. The van der Waals surface area contributed by atoms with Gasteiger partial charge in [-0.3, -0.25) is 29.0 Å². The van der Waals surface area contributed by atoms with E-state index in [-0.39, 0.29) is 29.6 Å². The number of likely N-dealkylation sites (N-methyl/N-ethyl adjacent to an activating group) is 1. The van der Waals surface area contributed by atoms with Crippen molar-refractivity contribution in [3.63, 3.8) is 0 Å². The van der Waals surface area contributed by atoms with Crippen LogP contribution in [0.15, 0.2) is 36.4 Å². The van der Waals surface area contributed by atoms with Crippen molar-refractivity contribution < 1.29 is 33.8 Å². The summed E-state index contributed by atoms with van der Waals surface area (Å²) in [7, 11) is 6.40. The summed E-state index contributed by atoms with van der Waals surface area (Å²) < 4.78 is 11.9. The van der Waals surface area contributed by atoms with Gasteiger partial charge in [-0.25, -0.2) is 0 Å². The average molecular weight is 606 g/mol. The molecule has 0 heterocycles. The summed E-state index contributed by atoms with van der Waals surface area (Å²) in [6.45, 7) is 5.41. The summed E-state index contributed by atoms with van der Waals surface area (Å²) in [5.74, 6) is -5.08. The fourth-order valence-corrected chi connectivity index (χ4v) is 8.19. The number of fused-ring (bicyclic) bond motifs is 3. The molecule has 0 aliphatic heterocycles. The highest BCUT2D eigenvalue weighted by Crippen LogP contribution is 2.54. The van der Waals surface area contributed by atoms with Gasteiger partial charge in [-0.05, 0) is 58.0 Å². The van der Waals surface area contributed by atoms with Crippen molar-refractivity contribution in [2.24, 2.45) is 29.4 Å². The lowest BCUT2D eigenvalue weighted by Gasteiger charge is -2.55. The Labute approximate surface area is 258 Å². The Kier molecular flexibility index (Phi) is 8.72. The number of hydrogen-bond donors (Lipinski definition) is 2. The van der Waals surface area contributed by atoms with Crippen LogP contribution in [0.1, 0.15) is 59.8 Å². The number of rotatable bonds is 9. The topological polar surface area (TPSA) is 139 Å². The molecule has 2 aromatic rings. The minimum atomic E-state index is -1.54. The third-order valence-corrected chi connectivity index (χ3v) is 10.4. The van der Waals surface area contributed by atoms with Crippen LogP contribution in [0, 0.1) is 23.7 Å². The molecular formula is C34H43N3O7. The number of primary amides is 1. The number of ether oxygens (including phenoxy) is 2. The molecule has 0 saturated heterocycles. The van der Waals surface area contributed by atoms with Crippen molar-refractivity contribution in [2.75, 3.05) is 34.9 Å². The highest BCUT2D eigenvalue weighted by atomic mass is 16.5. The Hall–Kier alpha value is -3.60. The van der Waals surface area contributed by atoms with Gasteiger partial charge in [0.1, 0.15) is 23.0 Å². The predicted molar refractivity (Wildman–Crippen MR) is 163 cm³/mol. The molecule has 10 heteroatoms. The van der Waals surface area contributed by atoms with Crippen LogP contribution in [0.4, 0.5) is 0 Å². The molecule has 44 heavy (non-hydrogen) atoms. The molecule has 3 aliphatic carbocycles. The molecule has 7 unspecified atom stereocenters. The second-order valence-electron chi connectivity index (χ2n) is 12.7. The second-order valence-corrected chi connectivity index (χ2v) is 12.7. The van der Waals surface area contributed by atoms with Gasteiger partial charge >= 0.3 is 0 Å². The summed E-state index contributed by atoms with van der Waals surface area (Å²) in [5.41, 5.74) is 6.66. The number of carbonyl (C=O) groups is 4. The van der Waals surface area contributed by atoms with E-state index in [9.17, 15) is 24.3 Å². The zero-order valence-corrected chi connectivity index (χ0v) is 26.3. The summed E-state index contributed by atoms with van der Waals surface area (Å²) in [4.78, 5) is 58.4. The van der Waals surface area contributed by atoms with Crippen molar-refractivity contribution in [3.05, 3.63) is 58.7 Å². The highest BCUT2D eigenvalue weighted by molar-refractivity contribution is 6.18. The van der Waals surface area contributed by atoms with Gasteiger partial charge in [-0.15, -0.1) is 0 Å². The van der Waals surface area contributed by atoms with Gasteiger partial charge in [0.25, 0.3) is 0 Å². The van der Waals surface area contributed by atoms with Crippen molar-refractivity contribution in [3.8, 4) is 11.5 Å². The Morgan fingerprint density at radius 3 is 2.41 bits per heavy atom. The van der Waals surface area contributed by atoms with Crippen LogP contribution in [-0.4, -0.2) is 84.7 Å². The van der Waals surface area contributed by atoms with Gasteiger partial charge < -0.3 is 20.3 Å². The van der Waals surface area contributed by atoms with E-state index in [1.807, 2.05) is 18.2 Å². The molecule has 1 amide bonds. The van der Waals surface area contributed by atoms with E-state index in [1.54, 1.807) is 32.2 Å². The summed E-state index contributed by atoms with van der Waals surface area (Å²) in [6, 6.07) is 11.0. The Morgan fingerprint density at radius 1 is 1.16 bits per heavy atom. The summed E-state index contributed by atoms with van der Waals surface area (Å²) in [5, 5.41) is 11.3. The third kappa shape index (κ3) is 4.93. The maximum Gasteiger partial charge on any atom is 0.228 e. The quantitative estimate of drug-likeness (QED) is 0.413. The zero-order chi connectivity index (χ0) is 32.1. The normalized spacial score (nSPS) is 28.8. The molecule has 2 saturated carbocycles. The van der Waals surface area contributed by atoms with E-state index in [4.69, 9.17) is 15.2 Å². The molecule has 0 bridgehead atoms. The number of nitrogens with zero attached hydrogens (tertiary/aromatic N) is 2. The van der Waals surface area contributed by atoms with Crippen molar-refractivity contribution in [2.45, 2.75) is 57.3 Å². The lowest BCUT2D eigenvalue weighted by Crippen LogP contribution is -2.70. The molecule has 236 valence electrons. The molecule has 2 aromatic carbocycles. The lowest BCUT2D eigenvalue weighted by molar-refractivity contribution is -0.182. The Bertz CT molecular complexity index is 1470. The molecule has 5 rings (SSSR count). The number of ketones is 3. The van der Waals surface area contributed by atoms with Crippen LogP contribution in [0.25, 0.3) is 0 Å². The average Bonchev–Trinajstić information content (AvgIpc) is 2.99. The van der Waals surface area contributed by atoms with Gasteiger partial charge in [0, 0.05) is 43.2 Å². The number of aromatic hydroxyl groups is 1. The van der Waals surface area contributed by atoms with Gasteiger partial charge in [0.05, 0.1) is 24.6 Å². The SMILES string of the molecule is CCN(Cc1cc(O)c2c(c1OC)CC1CC3C(N(C)C)C(=O)C(C(N)=O)CC3(OC)C(=O)C1C2=O)C(C)c1ccccc1. The summed E-state index contributed by atoms with van der Waals surface area (Å²) in [6.07, 6.45) is 0.456. The predicted octanol–water partition coefficient (Wildman–Crippen LogP) is 2.93. The molecule has 3 N–H and O–H groups in total. The standard InChI is InChI=1S/C34H43N3O7/c1-7-37(18(2)19-11-9-8-10-12-19)17-21-15-25(38)27-22(31(21)43-5)13-20-14-24-28(36(3)4)29(39)23(33(35)42)16-34(24,44-6)32(41)26(20)30(27)40/h8-12,15,18,20,23-24,26,28,38H,7,13-14,16-17H2,1-6H3,(H2,35,42). The zero-order valence-electron chi connectivity index (χ0n) is 26.3. The van der Waals surface area contributed by atoms with Crippen molar-refractivity contribution in [1.82, 2.24) is 9.80 Å². The number of methoxy groups -OCH3 is 2. The van der Waals surface area contributed by atoms with E-state index >= 15 is 0 Å². The van der Waals surface area contributed by atoms with E-state index in [0.717, 1.165) is 17.7 Å². The number of benzene rings is 2. The fraction of sp³-hybridized carbons (Fsp3) is 0.529. The van der Waals surface area contributed by atoms with E-state index in [0.29, 0.717) is 30.7 Å². The number of hydrogen-bond acceptors (Lipinski definition) is 9. The minimum absolute atomic E-state index is 0.0873. The van der Waals surface area contributed by atoms with Crippen LogP contribution in [0.3, 0.4) is 0 Å². The maximum atomic E-state index is 14.4. The molecule has 10 nitrogen and oxygen atoms in total. The van der Waals surface area contributed by atoms with Gasteiger partial charge in [-0.1, -0.05) is 37.3 Å². The summed E-state index contributed by atoms with van der Waals surface area (Å²) >= 11 is 0. The molecule has 2 fully saturated rings. The second kappa shape index (κ2) is 12.1. The van der Waals surface area contributed by atoms with Crippen LogP contribution < -0.4 is 10.5 Å². The van der Waals surface area contributed by atoms with E-state index < -0.39 is 52.8 Å². The molecular weight excluding hydrogens is 562 g/mol. The monoisotopic (exact) mass is 605 g/mol. The molecule has 0 radical (unpaired) electrons. The maximum absolute atomic E-state index is 14.4. The number of phenolic OH excluding ortho intramolecular Hbond substituents is 1. The number of Topliss-reactive ketones (excluding diaryl/α,β-unsaturated/α-hetero) is 3. The number of phenols is 1. The van der Waals surface area contributed by atoms with Crippen LogP contribution >= 0.6 is 0 Å². The van der Waals surface area contributed by atoms with E-state index in [1.165, 1.54) is 7.11 Å². The van der Waals surface area contributed by atoms with Crippen LogP contribution in [0.2, 0.25) is 0 Å². The first-order chi connectivity index (χ1) is 20.9. The first-order valence-corrected chi connectivity index (χ1v) is 15.3. The van der Waals surface area contributed by atoms with Crippen LogP contribution in [-0.2, 0) is 32.1 Å². The van der Waals surface area contributed by atoms with Gasteiger partial charge in [-0.2, -0.15) is 0 Å². The van der Waals surface area contributed by atoms with Crippen molar-refractivity contribution in [1.29, 1.82) is 0 Å². The molecule has 0 spiro atoms. The Balaban J connectivity index is 1.56. The first kappa shape index (κ1) is 31.8. The lowest BCUT2D eigenvalue weighted by atomic mass is 9.52. The first-order valence-electron chi connectivity index (χ1n) is 15.3. The van der Waals surface area contributed by atoms with Gasteiger partial charge in [0.15, 0.2) is 17.3 Å². The molecule has 0 aromatic heterocycles. The van der Waals surface area contributed by atoms with Crippen molar-refractivity contribution >= 4 is 23.3 Å². The van der Waals surface area contributed by atoms with Crippen LogP contribution in [0.5, 0.6) is 11.5 Å². The van der Waals surface area contributed by atoms with Gasteiger partial charge in [0.2, 0.25) is 5.91 Å². The minimum Gasteiger partial charge on any atom is -0.507 e. The number of carbonyl (C=O) groups excluding carboxylic acids is 4. The smallest absolute Gasteiger partial charge is 0.228 e. The fourth-order valence-electron chi connectivity index (χ4n) is 8.19. The molecule has 3 aliphatic rings. The van der Waals surface area contributed by atoms with E-state index in [2.05, 4.69) is 30.9 Å². The Morgan fingerprint density at radius 2 is 1.84 bits per heavy atom. The largest absolute Gasteiger partial charge is 0.507 e. The number of nitrogens with two attached hydrogens (primary N) is 1.